The zero-order valence-electron chi connectivity index (χ0n) is 32.9. The van der Waals surface area contributed by atoms with Gasteiger partial charge in [-0.05, 0) is 90.8 Å². The van der Waals surface area contributed by atoms with E-state index in [-0.39, 0.29) is 5.97 Å². The van der Waals surface area contributed by atoms with Gasteiger partial charge in [0.05, 0.1) is 25.4 Å². The summed E-state index contributed by atoms with van der Waals surface area (Å²) in [4.78, 5) is 19.6. The van der Waals surface area contributed by atoms with Gasteiger partial charge in [0.2, 0.25) is 0 Å². The van der Waals surface area contributed by atoms with E-state index in [1.165, 1.54) is 122 Å². The van der Waals surface area contributed by atoms with Crippen LogP contribution in [0.2, 0.25) is 0 Å². The van der Waals surface area contributed by atoms with Crippen molar-refractivity contribution >= 4 is 110 Å². The number of rotatable bonds is 17. The first-order valence-corrected chi connectivity index (χ1v) is 24.5. The van der Waals surface area contributed by atoms with Gasteiger partial charge in [0.1, 0.15) is 16.8 Å². The van der Waals surface area contributed by atoms with Gasteiger partial charge < -0.3 is 9.47 Å². The molecule has 0 saturated carbocycles. The Bertz CT molecular complexity index is 2580. The van der Waals surface area contributed by atoms with E-state index >= 15 is 0 Å². The SMILES string of the molecule is COC(=O)/C=C/c1ccc(OCCCCCCCCc2cc(C(C)C)sc2-c2cc3sc(-c4ccc(-c5cc6sc(C(C)C)cc6s5)c5nsnc45)cc3s2)cc1. The molecule has 6 aromatic heterocycles. The Morgan fingerprint density at radius 1 is 0.649 bits per heavy atom. The molecule has 0 aliphatic carbocycles. The summed E-state index contributed by atoms with van der Waals surface area (Å²) in [6, 6.07) is 24.3. The van der Waals surface area contributed by atoms with Crippen molar-refractivity contribution in [1.29, 1.82) is 0 Å². The van der Waals surface area contributed by atoms with Crippen molar-refractivity contribution in [1.82, 2.24) is 8.75 Å². The predicted molar refractivity (Wildman–Crippen MR) is 251 cm³/mol. The molecule has 57 heavy (non-hydrogen) atoms. The Labute approximate surface area is 359 Å². The molecule has 0 aliphatic rings. The quantitative estimate of drug-likeness (QED) is 0.0518. The topological polar surface area (TPSA) is 61.3 Å². The van der Waals surface area contributed by atoms with Crippen LogP contribution in [0.5, 0.6) is 5.75 Å². The lowest BCUT2D eigenvalue weighted by Crippen LogP contribution is -1.97. The second-order valence-corrected chi connectivity index (χ2v) is 21.0. The van der Waals surface area contributed by atoms with Gasteiger partial charge in [0, 0.05) is 65.3 Å². The molecule has 0 N–H and O–H groups in total. The molecule has 0 aliphatic heterocycles. The van der Waals surface area contributed by atoms with Crippen molar-refractivity contribution in [3.63, 3.8) is 0 Å². The summed E-state index contributed by atoms with van der Waals surface area (Å²) in [5, 5.41) is 0. The first-order valence-electron chi connectivity index (χ1n) is 19.7. The highest BCUT2D eigenvalue weighted by molar-refractivity contribution is 7.32. The lowest BCUT2D eigenvalue weighted by molar-refractivity contribution is -0.134. The Morgan fingerprint density at radius 2 is 1.21 bits per heavy atom. The van der Waals surface area contributed by atoms with Gasteiger partial charge in [-0.1, -0.05) is 77.6 Å². The number of carbonyl (C=O) groups is 1. The van der Waals surface area contributed by atoms with Crippen LogP contribution >= 0.6 is 68.4 Å². The molecular formula is C46H46N2O3S6. The number of esters is 1. The average molecular weight is 867 g/mol. The number of ether oxygens (including phenoxy) is 2. The lowest BCUT2D eigenvalue weighted by Gasteiger charge is -2.07. The molecule has 5 nitrogen and oxygen atoms in total. The van der Waals surface area contributed by atoms with E-state index in [9.17, 15) is 4.79 Å². The highest BCUT2D eigenvalue weighted by Gasteiger charge is 2.20. The van der Waals surface area contributed by atoms with Crippen molar-refractivity contribution in [2.45, 2.75) is 84.5 Å². The third-order valence-electron chi connectivity index (χ3n) is 10.2. The zero-order valence-corrected chi connectivity index (χ0v) is 37.8. The molecule has 0 spiro atoms. The molecule has 0 saturated heterocycles. The van der Waals surface area contributed by atoms with Crippen molar-refractivity contribution in [3.05, 3.63) is 93.7 Å². The van der Waals surface area contributed by atoms with Gasteiger partial charge >= 0.3 is 5.97 Å². The molecule has 0 bridgehead atoms. The molecule has 6 heterocycles. The number of aromatic nitrogens is 2. The van der Waals surface area contributed by atoms with Crippen LogP contribution in [0.15, 0.2) is 72.8 Å². The molecular weight excluding hydrogens is 821 g/mol. The molecule has 0 atom stereocenters. The Morgan fingerprint density at radius 3 is 1.84 bits per heavy atom. The highest BCUT2D eigenvalue weighted by Crippen LogP contribution is 2.48. The summed E-state index contributed by atoms with van der Waals surface area (Å²) >= 11 is 10.9. The number of benzene rings is 2. The van der Waals surface area contributed by atoms with E-state index < -0.39 is 0 Å². The molecule has 0 radical (unpaired) electrons. The Balaban J connectivity index is 0.865. The maximum absolute atomic E-state index is 11.3. The minimum absolute atomic E-state index is 0.358. The van der Waals surface area contributed by atoms with Crippen LogP contribution < -0.4 is 4.74 Å². The lowest BCUT2D eigenvalue weighted by atomic mass is 10.0. The average Bonchev–Trinajstić information content (AvgIpc) is 4.05. The second-order valence-electron chi connectivity index (χ2n) is 15.0. The number of fused-ring (bicyclic) bond motifs is 3. The fourth-order valence-corrected chi connectivity index (χ4v) is 13.7. The summed E-state index contributed by atoms with van der Waals surface area (Å²) in [6.07, 6.45) is 11.5. The third-order valence-corrected chi connectivity index (χ3v) is 17.3. The maximum Gasteiger partial charge on any atom is 0.330 e. The number of methoxy groups -OCH3 is 1. The standard InChI is InChI=1S/C46H46N2O3S6/c1-27(2)34-22-30(12-10-8-6-7-9-11-21-51-31-16-13-29(14-17-31)15-20-43(49)50-5)46(56-34)42-26-41-40(55-42)25-37(54-41)33-19-18-32(44-45(33)48-57-47-44)36-24-39-38(53-36)23-35(52-39)28(3)4/h13-20,22-28H,6-12,21H2,1-5H3/b20-15+. The van der Waals surface area contributed by atoms with Crippen LogP contribution in [0.25, 0.3) is 66.5 Å². The Hall–Kier alpha value is -3.71. The van der Waals surface area contributed by atoms with E-state index in [1.807, 2.05) is 80.9 Å². The second kappa shape index (κ2) is 18.1. The van der Waals surface area contributed by atoms with Crippen molar-refractivity contribution < 1.29 is 14.3 Å². The van der Waals surface area contributed by atoms with Crippen LogP contribution in [0.1, 0.15) is 98.9 Å². The van der Waals surface area contributed by atoms with Crippen molar-refractivity contribution in [2.75, 3.05) is 13.7 Å². The normalized spacial score (nSPS) is 12.1. The summed E-state index contributed by atoms with van der Waals surface area (Å²) in [5.74, 6) is 1.59. The van der Waals surface area contributed by atoms with Gasteiger partial charge in [0.15, 0.2) is 0 Å². The van der Waals surface area contributed by atoms with Gasteiger partial charge in [-0.2, -0.15) is 8.75 Å². The van der Waals surface area contributed by atoms with Crippen LogP contribution in [-0.2, 0) is 16.0 Å². The number of nitrogens with zero attached hydrogens (tertiary/aromatic N) is 2. The molecule has 0 fully saturated rings. The smallest absolute Gasteiger partial charge is 0.330 e. The summed E-state index contributed by atoms with van der Waals surface area (Å²) in [7, 11) is 1.38. The van der Waals surface area contributed by atoms with Crippen LogP contribution in [0, 0.1) is 0 Å². The van der Waals surface area contributed by atoms with E-state index in [1.54, 1.807) is 6.08 Å². The fourth-order valence-electron chi connectivity index (χ4n) is 6.97. The molecule has 0 amide bonds. The van der Waals surface area contributed by atoms with Crippen LogP contribution in [0.4, 0.5) is 0 Å². The van der Waals surface area contributed by atoms with Crippen LogP contribution in [-0.4, -0.2) is 28.4 Å². The summed E-state index contributed by atoms with van der Waals surface area (Å²) in [5.41, 5.74) is 6.84. The van der Waals surface area contributed by atoms with E-state index in [2.05, 4.69) is 74.9 Å². The van der Waals surface area contributed by atoms with Gasteiger partial charge in [-0.25, -0.2) is 4.79 Å². The molecule has 0 unspecified atom stereocenters. The number of carbonyl (C=O) groups excluding carboxylic acids is 1. The summed E-state index contributed by atoms with van der Waals surface area (Å²) < 4.78 is 25.7. The van der Waals surface area contributed by atoms with Crippen molar-refractivity contribution in [2.24, 2.45) is 0 Å². The number of unbranched alkanes of at least 4 members (excludes halogenated alkanes) is 5. The number of hydrogen-bond acceptors (Lipinski definition) is 11. The fraction of sp³-hybridized carbons (Fsp3) is 0.326. The largest absolute Gasteiger partial charge is 0.494 e. The minimum Gasteiger partial charge on any atom is -0.494 e. The zero-order chi connectivity index (χ0) is 39.5. The van der Waals surface area contributed by atoms with Gasteiger partial charge in [-0.3, -0.25) is 0 Å². The first-order chi connectivity index (χ1) is 27.7. The maximum atomic E-state index is 11.3. The molecule has 8 rings (SSSR count). The van der Waals surface area contributed by atoms with Gasteiger partial charge in [-0.15, -0.1) is 56.7 Å². The minimum atomic E-state index is -0.358. The predicted octanol–water partition coefficient (Wildman–Crippen LogP) is 15.7. The number of aryl methyl sites for hydroxylation is 1. The van der Waals surface area contributed by atoms with Crippen molar-refractivity contribution in [3.8, 4) is 36.4 Å². The van der Waals surface area contributed by atoms with E-state index in [0.717, 1.165) is 41.8 Å². The molecule has 294 valence electrons. The summed E-state index contributed by atoms with van der Waals surface area (Å²) in [6.45, 7) is 9.88. The molecule has 8 aromatic rings. The third kappa shape index (κ3) is 9.14. The van der Waals surface area contributed by atoms with Gasteiger partial charge in [0.25, 0.3) is 0 Å². The Kier molecular flexibility index (Phi) is 12.7. The highest BCUT2D eigenvalue weighted by atomic mass is 32.1. The van der Waals surface area contributed by atoms with Crippen LogP contribution in [0.3, 0.4) is 0 Å². The molecule has 2 aromatic carbocycles. The van der Waals surface area contributed by atoms with E-state index in [0.29, 0.717) is 11.8 Å². The first kappa shape index (κ1) is 40.1. The number of thiophene rings is 5. The van der Waals surface area contributed by atoms with E-state index in [4.69, 9.17) is 13.5 Å². The monoisotopic (exact) mass is 866 g/mol. The molecule has 11 heteroatoms. The number of hydrogen-bond donors (Lipinski definition) is 0.